The molecule has 0 heterocycles. The second-order valence-corrected chi connectivity index (χ2v) is 3.40. The molecule has 0 radical (unpaired) electrons. The Labute approximate surface area is 65.4 Å². The number of unbranched alkanes of at least 4 members (excludes halogenated alkanes) is 1. The summed E-state index contributed by atoms with van der Waals surface area (Å²) in [5, 5.41) is 3.19. The van der Waals surface area contributed by atoms with Crippen molar-refractivity contribution in [2.75, 3.05) is 7.05 Å². The Morgan fingerprint density at radius 1 is 1.62 bits per heavy atom. The number of hydrogen-bond donors (Lipinski definition) is 1. The molecule has 0 fully saturated rings. The molecule has 0 saturated carbocycles. The van der Waals surface area contributed by atoms with E-state index in [0.29, 0.717) is 4.05 Å². The Hall–Kier alpha value is 0.690. The van der Waals surface area contributed by atoms with Crippen molar-refractivity contribution in [1.82, 2.24) is 5.32 Å². The van der Waals surface area contributed by atoms with E-state index in [2.05, 4.69) is 34.8 Å². The molecule has 1 nitrogen and oxygen atoms in total. The lowest BCUT2D eigenvalue weighted by atomic mass is 10.2. The summed E-state index contributed by atoms with van der Waals surface area (Å²) in [6, 6.07) is 0. The molecule has 50 valence electrons. The quantitative estimate of drug-likeness (QED) is 0.441. The van der Waals surface area contributed by atoms with Crippen molar-refractivity contribution in [3.63, 3.8) is 0 Å². The van der Waals surface area contributed by atoms with E-state index >= 15 is 0 Å². The summed E-state index contributed by atoms with van der Waals surface area (Å²) in [6.45, 7) is 2.22. The molecule has 0 aliphatic carbocycles. The van der Waals surface area contributed by atoms with Crippen LogP contribution >= 0.6 is 22.6 Å². The first-order valence-corrected chi connectivity index (χ1v) is 4.37. The molecule has 2 heteroatoms. The summed E-state index contributed by atoms with van der Waals surface area (Å²) >= 11 is 2.42. The number of halogens is 1. The third-order valence-electron chi connectivity index (χ3n) is 1.12. The summed E-state index contributed by atoms with van der Waals surface area (Å²) < 4.78 is 0.674. The topological polar surface area (TPSA) is 12.0 Å². The summed E-state index contributed by atoms with van der Waals surface area (Å²) in [5.74, 6) is 0. The monoisotopic (exact) mass is 227 g/mol. The van der Waals surface area contributed by atoms with Crippen LogP contribution in [0.15, 0.2) is 0 Å². The highest BCUT2D eigenvalue weighted by Gasteiger charge is 1.95. The van der Waals surface area contributed by atoms with E-state index in [4.69, 9.17) is 0 Å². The lowest BCUT2D eigenvalue weighted by Gasteiger charge is -2.04. The molecule has 1 atom stereocenters. The first kappa shape index (κ1) is 8.69. The molecule has 0 bridgehead atoms. The first-order chi connectivity index (χ1) is 3.81. The van der Waals surface area contributed by atoms with Crippen LogP contribution in [0.3, 0.4) is 0 Å². The first-order valence-electron chi connectivity index (χ1n) is 3.12. The van der Waals surface area contributed by atoms with Gasteiger partial charge in [-0.1, -0.05) is 42.4 Å². The van der Waals surface area contributed by atoms with Gasteiger partial charge in [-0.15, -0.1) is 0 Å². The van der Waals surface area contributed by atoms with Gasteiger partial charge in [-0.05, 0) is 13.5 Å². The predicted octanol–water partition coefficient (Wildman–Crippen LogP) is 2.16. The van der Waals surface area contributed by atoms with Gasteiger partial charge >= 0.3 is 0 Å². The minimum Gasteiger partial charge on any atom is -0.309 e. The number of rotatable bonds is 4. The third kappa shape index (κ3) is 4.84. The van der Waals surface area contributed by atoms with E-state index in [1.165, 1.54) is 19.3 Å². The zero-order chi connectivity index (χ0) is 6.41. The number of hydrogen-bond acceptors (Lipinski definition) is 1. The van der Waals surface area contributed by atoms with Crippen molar-refractivity contribution < 1.29 is 0 Å². The average molecular weight is 227 g/mol. The molecule has 0 aromatic rings. The van der Waals surface area contributed by atoms with E-state index in [0.717, 1.165) is 0 Å². The van der Waals surface area contributed by atoms with Crippen LogP contribution in [0, 0.1) is 0 Å². The van der Waals surface area contributed by atoms with Crippen LogP contribution in [0.2, 0.25) is 0 Å². The SMILES string of the molecule is CCCCC(I)NC. The largest absolute Gasteiger partial charge is 0.309 e. The molecule has 0 rings (SSSR count). The highest BCUT2D eigenvalue weighted by Crippen LogP contribution is 2.05. The van der Waals surface area contributed by atoms with Crippen molar-refractivity contribution in [3.8, 4) is 0 Å². The summed E-state index contributed by atoms with van der Waals surface area (Å²) in [7, 11) is 2.01. The smallest absolute Gasteiger partial charge is 0.0591 e. The van der Waals surface area contributed by atoms with Crippen LogP contribution in [-0.2, 0) is 0 Å². The van der Waals surface area contributed by atoms with Gasteiger partial charge in [0.05, 0.1) is 4.05 Å². The Bertz CT molecular complexity index is 47.8. The van der Waals surface area contributed by atoms with Crippen LogP contribution in [-0.4, -0.2) is 11.1 Å². The molecule has 8 heavy (non-hydrogen) atoms. The minimum absolute atomic E-state index is 0.674. The van der Waals surface area contributed by atoms with E-state index in [9.17, 15) is 0 Å². The Kier molecular flexibility index (Phi) is 6.32. The maximum atomic E-state index is 3.19. The maximum absolute atomic E-state index is 3.19. The molecule has 0 aliphatic rings. The van der Waals surface area contributed by atoms with Crippen LogP contribution in [0.4, 0.5) is 0 Å². The zero-order valence-electron chi connectivity index (χ0n) is 5.58. The Morgan fingerprint density at radius 3 is 2.62 bits per heavy atom. The van der Waals surface area contributed by atoms with E-state index in [1.807, 2.05) is 7.05 Å². The fraction of sp³-hybridized carbons (Fsp3) is 1.00. The van der Waals surface area contributed by atoms with Crippen LogP contribution < -0.4 is 5.32 Å². The van der Waals surface area contributed by atoms with E-state index in [1.54, 1.807) is 0 Å². The minimum atomic E-state index is 0.674. The Morgan fingerprint density at radius 2 is 2.25 bits per heavy atom. The highest BCUT2D eigenvalue weighted by molar-refractivity contribution is 14.1. The molecule has 0 aromatic carbocycles. The van der Waals surface area contributed by atoms with E-state index < -0.39 is 0 Å². The molecular formula is C6H14IN. The van der Waals surface area contributed by atoms with Crippen molar-refractivity contribution in [2.24, 2.45) is 0 Å². The van der Waals surface area contributed by atoms with Crippen molar-refractivity contribution in [2.45, 2.75) is 30.2 Å². The maximum Gasteiger partial charge on any atom is 0.0591 e. The third-order valence-corrected chi connectivity index (χ3v) is 2.37. The molecule has 0 spiro atoms. The number of nitrogens with one attached hydrogen (secondary N) is 1. The molecule has 0 aliphatic heterocycles. The molecular weight excluding hydrogens is 213 g/mol. The standard InChI is InChI=1S/C6H14IN/c1-3-4-5-6(7)8-2/h6,8H,3-5H2,1-2H3. The van der Waals surface area contributed by atoms with Gasteiger partial charge in [0.25, 0.3) is 0 Å². The van der Waals surface area contributed by atoms with Crippen molar-refractivity contribution >= 4 is 22.6 Å². The van der Waals surface area contributed by atoms with Crippen molar-refractivity contribution in [1.29, 1.82) is 0 Å². The molecule has 0 aromatic heterocycles. The van der Waals surface area contributed by atoms with Gasteiger partial charge in [0.2, 0.25) is 0 Å². The fourth-order valence-corrected chi connectivity index (χ4v) is 0.968. The molecule has 0 saturated heterocycles. The summed E-state index contributed by atoms with van der Waals surface area (Å²) in [4.78, 5) is 0. The van der Waals surface area contributed by atoms with Crippen LogP contribution in [0.5, 0.6) is 0 Å². The van der Waals surface area contributed by atoms with Gasteiger partial charge in [-0.2, -0.15) is 0 Å². The second kappa shape index (κ2) is 5.82. The van der Waals surface area contributed by atoms with Gasteiger partial charge in [-0.25, -0.2) is 0 Å². The Balaban J connectivity index is 2.86. The highest BCUT2D eigenvalue weighted by atomic mass is 127. The normalized spacial score (nSPS) is 13.9. The van der Waals surface area contributed by atoms with Crippen LogP contribution in [0.1, 0.15) is 26.2 Å². The second-order valence-electron chi connectivity index (χ2n) is 1.90. The summed E-state index contributed by atoms with van der Waals surface area (Å²) in [5.41, 5.74) is 0. The lowest BCUT2D eigenvalue weighted by Crippen LogP contribution is -2.16. The van der Waals surface area contributed by atoms with Gasteiger partial charge in [0, 0.05) is 0 Å². The van der Waals surface area contributed by atoms with Gasteiger partial charge in [0.15, 0.2) is 0 Å². The van der Waals surface area contributed by atoms with Crippen molar-refractivity contribution in [3.05, 3.63) is 0 Å². The van der Waals surface area contributed by atoms with Gasteiger partial charge < -0.3 is 5.32 Å². The van der Waals surface area contributed by atoms with Crippen LogP contribution in [0.25, 0.3) is 0 Å². The van der Waals surface area contributed by atoms with E-state index in [-0.39, 0.29) is 0 Å². The predicted molar refractivity (Wildman–Crippen MR) is 46.4 cm³/mol. The summed E-state index contributed by atoms with van der Waals surface area (Å²) in [6.07, 6.45) is 3.95. The molecule has 0 amide bonds. The molecule has 1 unspecified atom stereocenters. The lowest BCUT2D eigenvalue weighted by molar-refractivity contribution is 0.648. The average Bonchev–Trinajstić information content (AvgIpc) is 1.83. The molecule has 1 N–H and O–H groups in total. The number of alkyl halides is 1. The van der Waals surface area contributed by atoms with Gasteiger partial charge in [-0.3, -0.25) is 0 Å². The zero-order valence-corrected chi connectivity index (χ0v) is 7.73. The van der Waals surface area contributed by atoms with Gasteiger partial charge in [0.1, 0.15) is 0 Å². The fourth-order valence-electron chi connectivity index (χ4n) is 0.528.